The van der Waals surface area contributed by atoms with Gasteiger partial charge in [0.2, 0.25) is 0 Å². The van der Waals surface area contributed by atoms with Crippen LogP contribution in [-0.4, -0.2) is 24.7 Å². The first-order chi connectivity index (χ1) is 16.9. The molecule has 0 fully saturated rings. The minimum Gasteiger partial charge on any atom is -0.484 e. The Morgan fingerprint density at radius 1 is 1.06 bits per heavy atom. The Bertz CT molecular complexity index is 1530. The van der Waals surface area contributed by atoms with Crippen molar-refractivity contribution in [1.82, 2.24) is 24.7 Å². The van der Waals surface area contributed by atoms with Gasteiger partial charge in [0.15, 0.2) is 5.82 Å². The summed E-state index contributed by atoms with van der Waals surface area (Å²) in [6.07, 6.45) is 6.25. The van der Waals surface area contributed by atoms with Crippen LogP contribution in [-0.2, 0) is 7.05 Å². The summed E-state index contributed by atoms with van der Waals surface area (Å²) < 4.78 is 36.4. The number of aryl methyl sites for hydroxylation is 1. The number of ether oxygens (including phenoxy) is 1. The third-order valence-corrected chi connectivity index (χ3v) is 5.78. The van der Waals surface area contributed by atoms with Gasteiger partial charge in [-0.05, 0) is 48.9 Å². The fourth-order valence-corrected chi connectivity index (χ4v) is 3.86. The summed E-state index contributed by atoms with van der Waals surface area (Å²) in [6, 6.07) is 11.6. The largest absolute Gasteiger partial charge is 0.484 e. The fraction of sp³-hybridized carbons (Fsp3) is 0.120. The number of nitrogens with zero attached hydrogens (tertiary/aromatic N) is 5. The maximum Gasteiger partial charge on any atom is 0.168 e. The third kappa shape index (κ3) is 4.50. The minimum atomic E-state index is -0.922. The quantitative estimate of drug-likeness (QED) is 0.283. The molecule has 2 aromatic carbocycles. The number of fused-ring (bicyclic) bond motifs is 1. The molecule has 0 aliphatic carbocycles. The molecule has 5 aromatic rings. The van der Waals surface area contributed by atoms with Crippen molar-refractivity contribution in [3.05, 3.63) is 89.7 Å². The highest BCUT2D eigenvalue weighted by atomic mass is 35.5. The summed E-state index contributed by atoms with van der Waals surface area (Å²) in [5, 5.41) is 7.07. The molecule has 0 unspecified atom stereocenters. The Hall–Kier alpha value is -4.11. The lowest BCUT2D eigenvalue weighted by Crippen LogP contribution is -2.07. The van der Waals surface area contributed by atoms with E-state index in [4.69, 9.17) is 16.3 Å². The average molecular weight is 493 g/mol. The molecule has 5 rings (SSSR count). The second kappa shape index (κ2) is 9.27. The smallest absolute Gasteiger partial charge is 0.168 e. The van der Waals surface area contributed by atoms with E-state index in [1.54, 1.807) is 17.1 Å². The average Bonchev–Trinajstić information content (AvgIpc) is 3.31. The van der Waals surface area contributed by atoms with Crippen LogP contribution in [0.1, 0.15) is 18.7 Å². The molecule has 0 spiro atoms. The number of hydrogen-bond acceptors (Lipinski definition) is 6. The zero-order chi connectivity index (χ0) is 24.5. The molecule has 1 N–H and O–H groups in total. The summed E-state index contributed by atoms with van der Waals surface area (Å²) in [4.78, 5) is 13.1. The topological polar surface area (TPSA) is 77.8 Å². The molecule has 0 radical (unpaired) electrons. The number of halogens is 3. The number of aromatic nitrogens is 5. The van der Waals surface area contributed by atoms with E-state index in [1.807, 2.05) is 50.5 Å². The summed E-state index contributed by atoms with van der Waals surface area (Å²) in [5.41, 5.74) is 2.95. The highest BCUT2D eigenvalue weighted by Crippen LogP contribution is 2.38. The molecule has 7 nitrogen and oxygen atoms in total. The van der Waals surface area contributed by atoms with Gasteiger partial charge in [0.05, 0.1) is 28.5 Å². The van der Waals surface area contributed by atoms with Gasteiger partial charge in [0, 0.05) is 25.0 Å². The van der Waals surface area contributed by atoms with E-state index in [2.05, 4.69) is 25.4 Å². The highest BCUT2D eigenvalue weighted by Gasteiger charge is 2.19. The molecule has 1 atom stereocenters. The normalized spacial score (nSPS) is 12.0. The molecule has 35 heavy (non-hydrogen) atoms. The molecular weight excluding hydrogens is 474 g/mol. The first-order valence-corrected chi connectivity index (χ1v) is 11.0. The molecule has 0 aliphatic heterocycles. The standard InChI is InChI=1S/C25H19ClF2N6O/c1-14(18-5-3-4-8-29-18)35-21-10-15(16-11-32-34(2)12-16)9-20-22(21)25(31-13-30-20)33-19-7-6-17(27)23(26)24(19)28/h3-14H,1-2H3,(H,30,31,33)/t14-/m0/s1. The first-order valence-electron chi connectivity index (χ1n) is 10.7. The van der Waals surface area contributed by atoms with Crippen LogP contribution < -0.4 is 10.1 Å². The van der Waals surface area contributed by atoms with Crippen LogP contribution >= 0.6 is 11.6 Å². The van der Waals surface area contributed by atoms with E-state index in [-0.39, 0.29) is 11.5 Å². The highest BCUT2D eigenvalue weighted by molar-refractivity contribution is 6.31. The van der Waals surface area contributed by atoms with Crippen molar-refractivity contribution in [2.24, 2.45) is 7.05 Å². The SMILES string of the molecule is C[C@H](Oc1cc(-c2cnn(C)c2)cc2ncnc(Nc3ccc(F)c(Cl)c3F)c12)c1ccccn1. The number of hydrogen-bond donors (Lipinski definition) is 1. The molecule has 10 heteroatoms. The molecule has 0 amide bonds. The van der Waals surface area contributed by atoms with Gasteiger partial charge < -0.3 is 10.1 Å². The van der Waals surface area contributed by atoms with Gasteiger partial charge in [-0.1, -0.05) is 17.7 Å². The number of rotatable bonds is 6. The molecule has 0 saturated carbocycles. The van der Waals surface area contributed by atoms with Gasteiger partial charge in [-0.25, -0.2) is 18.7 Å². The molecule has 0 bridgehead atoms. The van der Waals surface area contributed by atoms with Gasteiger partial charge in [-0.2, -0.15) is 5.10 Å². The van der Waals surface area contributed by atoms with Crippen LogP contribution in [0.15, 0.2) is 67.4 Å². The van der Waals surface area contributed by atoms with Crippen LogP contribution in [0.2, 0.25) is 5.02 Å². The summed E-state index contributed by atoms with van der Waals surface area (Å²) >= 11 is 5.76. The predicted molar refractivity (Wildman–Crippen MR) is 130 cm³/mol. The van der Waals surface area contributed by atoms with Gasteiger partial charge in [-0.3, -0.25) is 9.67 Å². The van der Waals surface area contributed by atoms with E-state index in [0.717, 1.165) is 22.9 Å². The van der Waals surface area contributed by atoms with E-state index in [9.17, 15) is 8.78 Å². The molecule has 176 valence electrons. The number of anilines is 2. The van der Waals surface area contributed by atoms with Crippen molar-refractivity contribution in [1.29, 1.82) is 0 Å². The zero-order valence-electron chi connectivity index (χ0n) is 18.7. The van der Waals surface area contributed by atoms with Gasteiger partial charge >= 0.3 is 0 Å². The van der Waals surface area contributed by atoms with Crippen LogP contribution in [0.25, 0.3) is 22.0 Å². The third-order valence-electron chi connectivity index (χ3n) is 5.44. The van der Waals surface area contributed by atoms with E-state index in [0.29, 0.717) is 16.7 Å². The van der Waals surface area contributed by atoms with Crippen molar-refractivity contribution in [2.75, 3.05) is 5.32 Å². The van der Waals surface area contributed by atoms with Crippen LogP contribution in [0, 0.1) is 11.6 Å². The van der Waals surface area contributed by atoms with Crippen LogP contribution in [0.5, 0.6) is 5.75 Å². The Morgan fingerprint density at radius 3 is 2.66 bits per heavy atom. The molecule has 3 aromatic heterocycles. The summed E-state index contributed by atoms with van der Waals surface area (Å²) in [5.74, 6) is -1.04. The lowest BCUT2D eigenvalue weighted by molar-refractivity contribution is 0.225. The van der Waals surface area contributed by atoms with E-state index >= 15 is 0 Å². The second-order valence-electron chi connectivity index (χ2n) is 7.86. The molecular formula is C25H19ClF2N6O. The Kier molecular flexibility index (Phi) is 6.00. The lowest BCUT2D eigenvalue weighted by atomic mass is 10.1. The van der Waals surface area contributed by atoms with E-state index < -0.39 is 22.8 Å². The van der Waals surface area contributed by atoms with Crippen molar-refractivity contribution >= 4 is 34.0 Å². The van der Waals surface area contributed by atoms with E-state index in [1.165, 1.54) is 12.4 Å². The van der Waals surface area contributed by atoms with Crippen molar-refractivity contribution < 1.29 is 13.5 Å². The van der Waals surface area contributed by atoms with Crippen molar-refractivity contribution in [3.8, 4) is 16.9 Å². The summed E-state index contributed by atoms with van der Waals surface area (Å²) in [7, 11) is 1.83. The lowest BCUT2D eigenvalue weighted by Gasteiger charge is -2.18. The predicted octanol–water partition coefficient (Wildman–Crippen LogP) is 6.24. The van der Waals surface area contributed by atoms with Crippen molar-refractivity contribution in [2.45, 2.75) is 13.0 Å². The molecule has 0 saturated heterocycles. The Balaban J connectivity index is 1.65. The monoisotopic (exact) mass is 492 g/mol. The number of pyridine rings is 1. The van der Waals surface area contributed by atoms with Gasteiger partial charge in [0.25, 0.3) is 0 Å². The number of benzene rings is 2. The molecule has 3 heterocycles. The first kappa shape index (κ1) is 22.7. The van der Waals surface area contributed by atoms with Crippen LogP contribution in [0.3, 0.4) is 0 Å². The Morgan fingerprint density at radius 2 is 1.91 bits per heavy atom. The van der Waals surface area contributed by atoms with Crippen molar-refractivity contribution in [3.63, 3.8) is 0 Å². The minimum absolute atomic E-state index is 0.0311. The number of nitrogens with one attached hydrogen (secondary N) is 1. The van der Waals surface area contributed by atoms with Gasteiger partial charge in [-0.15, -0.1) is 0 Å². The second-order valence-corrected chi connectivity index (χ2v) is 8.23. The maximum absolute atomic E-state index is 14.6. The van der Waals surface area contributed by atoms with Gasteiger partial charge in [0.1, 0.15) is 34.8 Å². The zero-order valence-corrected chi connectivity index (χ0v) is 19.5. The summed E-state index contributed by atoms with van der Waals surface area (Å²) in [6.45, 7) is 1.88. The maximum atomic E-state index is 14.6. The van der Waals surface area contributed by atoms with Crippen LogP contribution in [0.4, 0.5) is 20.3 Å². The Labute approximate surface area is 204 Å². The molecule has 0 aliphatic rings. The fourth-order valence-electron chi connectivity index (χ4n) is 3.70.